The van der Waals surface area contributed by atoms with Crippen molar-refractivity contribution >= 4 is 99.0 Å². The number of rotatable bonds is 6. The van der Waals surface area contributed by atoms with Gasteiger partial charge in [0.25, 0.3) is 0 Å². The molecule has 0 aliphatic heterocycles. The zero-order valence-corrected chi connectivity index (χ0v) is 30.0. The van der Waals surface area contributed by atoms with Crippen LogP contribution in [-0.2, 0) is 60.3 Å². The summed E-state index contributed by atoms with van der Waals surface area (Å²) in [4.78, 5) is 48.7. The van der Waals surface area contributed by atoms with Crippen LogP contribution in [0.4, 0.5) is 0 Å². The SMILES string of the molecule is CS(=O)c1cc(S(C)=O)c2oc3ccc(C(=O)[O-])cc3c(=O)c2c1.CS(=O)c1cc(S(C)=O)c2oc3ccc(C(=O)[O-])cc3c(=O)c2c1.[Fe+2]. The summed E-state index contributed by atoms with van der Waals surface area (Å²) >= 11 is 0. The van der Waals surface area contributed by atoms with E-state index in [0.717, 1.165) is 0 Å². The minimum atomic E-state index is -1.46. The van der Waals surface area contributed by atoms with Gasteiger partial charge in [-0.25, -0.2) is 0 Å². The van der Waals surface area contributed by atoms with Crippen LogP contribution in [0.25, 0.3) is 43.9 Å². The molecule has 0 saturated heterocycles. The van der Waals surface area contributed by atoms with Crippen molar-refractivity contribution < 1.29 is 62.5 Å². The van der Waals surface area contributed by atoms with Crippen molar-refractivity contribution in [3.63, 3.8) is 0 Å². The number of carbonyl (C=O) groups is 2. The van der Waals surface area contributed by atoms with Crippen molar-refractivity contribution in [1.29, 1.82) is 0 Å². The third kappa shape index (κ3) is 7.41. The van der Waals surface area contributed by atoms with Crippen molar-refractivity contribution in [2.45, 2.75) is 19.6 Å². The van der Waals surface area contributed by atoms with Crippen LogP contribution in [0.2, 0.25) is 0 Å². The zero-order chi connectivity index (χ0) is 35.2. The molecule has 4 unspecified atom stereocenters. The first-order valence-electron chi connectivity index (χ1n) is 13.4. The van der Waals surface area contributed by atoms with Crippen LogP contribution in [0.1, 0.15) is 20.7 Å². The van der Waals surface area contributed by atoms with Crippen molar-refractivity contribution in [2.24, 2.45) is 0 Å². The fourth-order valence-electron chi connectivity index (χ4n) is 4.82. The van der Waals surface area contributed by atoms with Gasteiger partial charge in [-0.2, -0.15) is 0 Å². The van der Waals surface area contributed by atoms with Gasteiger partial charge in [0.15, 0.2) is 11.2 Å². The molecule has 0 spiro atoms. The van der Waals surface area contributed by atoms with Gasteiger partial charge in [0.05, 0.1) is 64.9 Å². The molecule has 2 aromatic heterocycles. The molecule has 4 atom stereocenters. The molecule has 6 aromatic rings. The van der Waals surface area contributed by atoms with Crippen molar-refractivity contribution in [3.8, 4) is 0 Å². The molecule has 4 aromatic carbocycles. The van der Waals surface area contributed by atoms with E-state index in [2.05, 4.69) is 0 Å². The van der Waals surface area contributed by atoms with Crippen LogP contribution >= 0.6 is 0 Å². The summed E-state index contributed by atoms with van der Waals surface area (Å²) in [6.07, 6.45) is 5.75. The molecule has 49 heavy (non-hydrogen) atoms. The summed E-state index contributed by atoms with van der Waals surface area (Å²) in [6, 6.07) is 13.4. The number of carboxylic acid groups (broad SMARTS) is 2. The number of carboxylic acids is 2. The number of fused-ring (bicyclic) bond motifs is 4. The van der Waals surface area contributed by atoms with Gasteiger partial charge in [0.2, 0.25) is 10.9 Å². The molecule has 0 amide bonds. The first kappa shape index (κ1) is 37.7. The maximum absolute atomic E-state index is 12.7. The normalized spacial score (nSPS) is 13.6. The van der Waals surface area contributed by atoms with E-state index in [1.54, 1.807) is 0 Å². The Kier molecular flexibility index (Phi) is 11.4. The molecule has 17 heteroatoms. The van der Waals surface area contributed by atoms with Crippen LogP contribution in [0.3, 0.4) is 0 Å². The second kappa shape index (κ2) is 14.8. The van der Waals surface area contributed by atoms with Crippen LogP contribution in [0.5, 0.6) is 0 Å². The molecule has 254 valence electrons. The molecule has 0 aliphatic rings. The Hall–Kier alpha value is -4.12. The quantitative estimate of drug-likeness (QED) is 0.174. The Morgan fingerprint density at radius 1 is 0.531 bits per heavy atom. The topological polar surface area (TPSA) is 209 Å². The first-order valence-corrected chi connectivity index (χ1v) is 19.7. The van der Waals surface area contributed by atoms with Crippen LogP contribution in [-0.4, -0.2) is 53.8 Å². The van der Waals surface area contributed by atoms with Crippen LogP contribution in [0.15, 0.2) is 98.7 Å². The standard InChI is InChI=1S/2C16H12O6S2.Fe/c2*1-23(20)9-6-11-14(17)10-5-8(16(18)19)3-4-12(10)22-15(11)13(7-9)24(2)21;/h2*3-7H,1-2H3,(H,18,19);/q;;+2/p-2. The molecule has 6 rings (SSSR count). The molecule has 0 N–H and O–H groups in total. The summed E-state index contributed by atoms with van der Waals surface area (Å²) in [7, 11) is -5.70. The van der Waals surface area contributed by atoms with Crippen molar-refractivity contribution in [3.05, 3.63) is 92.2 Å². The van der Waals surface area contributed by atoms with Gasteiger partial charge in [-0.15, -0.1) is 0 Å². The van der Waals surface area contributed by atoms with E-state index in [1.807, 2.05) is 0 Å². The van der Waals surface area contributed by atoms with Crippen LogP contribution in [0, 0.1) is 0 Å². The van der Waals surface area contributed by atoms with Gasteiger partial charge in [-0.1, -0.05) is 0 Å². The molecule has 12 nitrogen and oxygen atoms in total. The maximum Gasteiger partial charge on any atom is 2.00 e. The van der Waals surface area contributed by atoms with E-state index >= 15 is 0 Å². The molecular formula is C32H22FeO12S4. The van der Waals surface area contributed by atoms with Gasteiger partial charge >= 0.3 is 17.1 Å². The summed E-state index contributed by atoms with van der Waals surface area (Å²) in [5, 5.41) is 22.3. The average molecular weight is 783 g/mol. The third-order valence-electron chi connectivity index (χ3n) is 7.17. The fraction of sp³-hybridized carbons (Fsp3) is 0.125. The molecule has 2 heterocycles. The summed E-state index contributed by atoms with van der Waals surface area (Å²) < 4.78 is 58.9. The third-order valence-corrected chi connectivity index (χ3v) is 10.8. The number of carbonyl (C=O) groups excluding carboxylic acids is 2. The van der Waals surface area contributed by atoms with Gasteiger partial charge in [0.1, 0.15) is 11.2 Å². The maximum atomic E-state index is 12.7. The Morgan fingerprint density at radius 2 is 0.878 bits per heavy atom. The fourth-order valence-corrected chi connectivity index (χ4v) is 7.51. The Balaban J connectivity index is 0.000000216. The molecule has 0 radical (unpaired) electrons. The van der Waals surface area contributed by atoms with E-state index in [9.17, 15) is 46.2 Å². The van der Waals surface area contributed by atoms with Crippen molar-refractivity contribution in [1.82, 2.24) is 0 Å². The van der Waals surface area contributed by atoms with E-state index < -0.39 is 66.0 Å². The van der Waals surface area contributed by atoms with Gasteiger partial charge < -0.3 is 28.6 Å². The van der Waals surface area contributed by atoms with Crippen molar-refractivity contribution in [2.75, 3.05) is 25.0 Å². The molecular weight excluding hydrogens is 760 g/mol. The van der Waals surface area contributed by atoms with Gasteiger partial charge in [0, 0.05) is 56.4 Å². The minimum Gasteiger partial charge on any atom is -0.545 e. The summed E-state index contributed by atoms with van der Waals surface area (Å²) in [5.74, 6) is -2.81. The minimum absolute atomic E-state index is 0. The molecule has 0 saturated carbocycles. The smallest absolute Gasteiger partial charge is 0.545 e. The Labute approximate surface area is 296 Å². The predicted molar refractivity (Wildman–Crippen MR) is 178 cm³/mol. The van der Waals surface area contributed by atoms with E-state index in [-0.39, 0.29) is 81.9 Å². The Bertz CT molecular complexity index is 2410. The summed E-state index contributed by atoms with van der Waals surface area (Å²) in [5.41, 5.74) is -0.620. The monoisotopic (exact) mass is 782 g/mol. The second-order valence-electron chi connectivity index (χ2n) is 10.3. The van der Waals surface area contributed by atoms with E-state index in [1.165, 1.54) is 85.7 Å². The molecule has 0 bridgehead atoms. The first-order chi connectivity index (χ1) is 22.6. The molecule has 0 aliphatic carbocycles. The predicted octanol–water partition coefficient (Wildman–Crippen LogP) is 1.57. The van der Waals surface area contributed by atoms with E-state index in [0.29, 0.717) is 9.79 Å². The Morgan fingerprint density at radius 3 is 1.16 bits per heavy atom. The van der Waals surface area contributed by atoms with Gasteiger partial charge in [-0.05, 0) is 71.8 Å². The second-order valence-corrected chi connectivity index (χ2v) is 15.7. The number of benzene rings is 4. The molecule has 0 fully saturated rings. The largest absolute Gasteiger partial charge is 2.00 e. The van der Waals surface area contributed by atoms with E-state index in [4.69, 9.17) is 8.83 Å². The average Bonchev–Trinajstić information content (AvgIpc) is 3.03. The zero-order valence-electron chi connectivity index (χ0n) is 25.7. The number of hydrogen-bond donors (Lipinski definition) is 0. The van der Waals surface area contributed by atoms with Crippen LogP contribution < -0.4 is 21.1 Å². The number of aromatic carboxylic acids is 2. The van der Waals surface area contributed by atoms with Gasteiger partial charge in [-0.3, -0.25) is 26.4 Å². The number of hydrogen-bond acceptors (Lipinski definition) is 12. The summed E-state index contributed by atoms with van der Waals surface area (Å²) in [6.45, 7) is 0.